The second-order valence-electron chi connectivity index (χ2n) is 17.2. The highest BCUT2D eigenvalue weighted by Crippen LogP contribution is 2.56. The molecule has 5 heterocycles. The first kappa shape index (κ1) is 40.3. The standard InChI is InChI=1S/C45H52N8O8/c1-21(2)36(50-44(56)59-6)43(55)53-22(3)8-13-34(53)40-47-32-12-10-24-15-31-28-11-9-25(14-27(28)20-61-35(31)17-29(24)38(32)49-40)33-18-46-41(48-33)39-30-16-26(30)19-52(39)42(54)37(23(4)58-5)51-45(57)60-7/h9-12,14-15,17-18,21-23,26,30,34,36-37,39H,8,13,16,19-20H2,1-7H3,(H,46,48)(H,47,49)(H,50,56)(H,51,57)/t22-,23+,26+,30+,34-,36-,37?,39-/m0/s1. The number of likely N-dealkylation sites (tertiary alicyclic amines) is 2. The van der Waals surface area contributed by atoms with E-state index in [0.29, 0.717) is 36.6 Å². The highest BCUT2D eigenvalue weighted by molar-refractivity contribution is 6.07. The summed E-state index contributed by atoms with van der Waals surface area (Å²) in [6, 6.07) is 12.4. The van der Waals surface area contributed by atoms with Crippen LogP contribution in [0.2, 0.25) is 0 Å². The average molecular weight is 833 g/mol. The first-order chi connectivity index (χ1) is 29.4. The van der Waals surface area contributed by atoms with E-state index in [9.17, 15) is 19.2 Å². The summed E-state index contributed by atoms with van der Waals surface area (Å²) in [6.45, 7) is 8.56. The minimum atomic E-state index is -0.901. The van der Waals surface area contributed by atoms with Gasteiger partial charge in [-0.3, -0.25) is 9.59 Å². The zero-order valence-electron chi connectivity index (χ0n) is 35.4. The Bertz CT molecular complexity index is 2550. The molecule has 3 aromatic carbocycles. The van der Waals surface area contributed by atoms with Crippen LogP contribution in [0.4, 0.5) is 9.59 Å². The van der Waals surface area contributed by atoms with E-state index in [4.69, 9.17) is 28.9 Å². The molecular weight excluding hydrogens is 781 g/mol. The van der Waals surface area contributed by atoms with Gasteiger partial charge in [-0.05, 0) is 97.2 Å². The maximum atomic E-state index is 14.0. The number of carbonyl (C=O) groups excluding carboxylic acids is 4. The van der Waals surface area contributed by atoms with Gasteiger partial charge in [0.05, 0.1) is 55.3 Å². The summed E-state index contributed by atoms with van der Waals surface area (Å²) in [7, 11) is 4.07. The Kier molecular flexibility index (Phi) is 10.4. The van der Waals surface area contributed by atoms with E-state index in [0.717, 1.165) is 74.8 Å². The number of hydrogen-bond donors (Lipinski definition) is 4. The molecule has 8 atom stereocenters. The molecule has 16 nitrogen and oxygen atoms in total. The third-order valence-corrected chi connectivity index (χ3v) is 13.2. The number of imidazole rings is 2. The number of H-pyrrole nitrogens is 2. The number of hydrogen-bond acceptors (Lipinski definition) is 10. The lowest BCUT2D eigenvalue weighted by Crippen LogP contribution is -2.54. The van der Waals surface area contributed by atoms with Gasteiger partial charge in [0, 0.05) is 30.6 Å². The quantitative estimate of drug-likeness (QED) is 0.123. The van der Waals surface area contributed by atoms with Gasteiger partial charge in [0.1, 0.15) is 36.1 Å². The molecule has 2 aromatic heterocycles. The van der Waals surface area contributed by atoms with Gasteiger partial charge in [0.2, 0.25) is 11.8 Å². The largest absolute Gasteiger partial charge is 0.488 e. The van der Waals surface area contributed by atoms with Crippen LogP contribution in [-0.4, -0.2) is 106 Å². The molecular formula is C45H52N8O8. The van der Waals surface area contributed by atoms with Gasteiger partial charge >= 0.3 is 12.2 Å². The minimum absolute atomic E-state index is 0.0279. The molecule has 0 radical (unpaired) electrons. The topological polar surface area (TPSA) is 193 Å². The van der Waals surface area contributed by atoms with E-state index in [2.05, 4.69) is 57.0 Å². The molecule has 5 aromatic rings. The van der Waals surface area contributed by atoms with Crippen LogP contribution in [-0.2, 0) is 30.4 Å². The third-order valence-electron chi connectivity index (χ3n) is 13.2. The lowest BCUT2D eigenvalue weighted by molar-refractivity contribution is -0.138. The van der Waals surface area contributed by atoms with E-state index >= 15 is 0 Å². The first-order valence-electron chi connectivity index (χ1n) is 21.0. The Morgan fingerprint density at radius 2 is 1.66 bits per heavy atom. The first-order valence-corrected chi connectivity index (χ1v) is 21.0. The molecule has 0 spiro atoms. The predicted octanol–water partition coefficient (Wildman–Crippen LogP) is 6.38. The van der Waals surface area contributed by atoms with Gasteiger partial charge in [0.25, 0.3) is 0 Å². The van der Waals surface area contributed by atoms with Crippen molar-refractivity contribution >= 4 is 45.8 Å². The number of aromatic nitrogens is 4. The van der Waals surface area contributed by atoms with Gasteiger partial charge in [0.15, 0.2) is 0 Å². The second kappa shape index (κ2) is 15.7. The highest BCUT2D eigenvalue weighted by Gasteiger charge is 2.56. The van der Waals surface area contributed by atoms with Crippen LogP contribution in [0, 0.1) is 17.8 Å². The van der Waals surface area contributed by atoms with Gasteiger partial charge in [-0.1, -0.05) is 32.0 Å². The Morgan fingerprint density at radius 1 is 0.885 bits per heavy atom. The summed E-state index contributed by atoms with van der Waals surface area (Å²) in [5, 5.41) is 7.39. The lowest BCUT2D eigenvalue weighted by atomic mass is 9.92. The summed E-state index contributed by atoms with van der Waals surface area (Å²) in [5.41, 5.74) is 6.57. The van der Waals surface area contributed by atoms with E-state index < -0.39 is 30.4 Å². The maximum absolute atomic E-state index is 14.0. The number of benzene rings is 3. The summed E-state index contributed by atoms with van der Waals surface area (Å²) >= 11 is 0. The number of amides is 4. The molecule has 2 saturated heterocycles. The average Bonchev–Trinajstić information content (AvgIpc) is 3.70. The summed E-state index contributed by atoms with van der Waals surface area (Å²) in [5.74, 6) is 2.36. The van der Waals surface area contributed by atoms with Crippen LogP contribution in [0.25, 0.3) is 44.2 Å². The molecule has 1 unspecified atom stereocenters. The highest BCUT2D eigenvalue weighted by atomic mass is 16.5. The molecule has 3 aliphatic heterocycles. The van der Waals surface area contributed by atoms with Crippen molar-refractivity contribution in [3.8, 4) is 28.1 Å². The Labute approximate surface area is 353 Å². The molecule has 4 aliphatic rings. The fourth-order valence-corrected chi connectivity index (χ4v) is 9.68. The number of methoxy groups -OCH3 is 3. The van der Waals surface area contributed by atoms with Crippen molar-refractivity contribution in [1.82, 2.24) is 40.4 Å². The molecule has 0 bridgehead atoms. The number of ether oxygens (including phenoxy) is 4. The Balaban J connectivity index is 0.968. The number of alkyl carbamates (subject to hydrolysis) is 2. The van der Waals surface area contributed by atoms with Gasteiger partial charge < -0.3 is 49.3 Å². The zero-order chi connectivity index (χ0) is 42.9. The molecule has 1 saturated carbocycles. The fraction of sp³-hybridized carbons (Fsp3) is 0.467. The summed E-state index contributed by atoms with van der Waals surface area (Å²) < 4.78 is 21.5. The summed E-state index contributed by atoms with van der Waals surface area (Å²) in [4.78, 5) is 72.7. The number of fused-ring (bicyclic) bond motifs is 7. The molecule has 61 heavy (non-hydrogen) atoms. The van der Waals surface area contributed by atoms with Crippen LogP contribution >= 0.6 is 0 Å². The molecule has 4 amide bonds. The molecule has 1 aliphatic carbocycles. The van der Waals surface area contributed by atoms with E-state index in [1.165, 1.54) is 21.3 Å². The minimum Gasteiger partial charge on any atom is -0.488 e. The lowest BCUT2D eigenvalue weighted by Gasteiger charge is -2.32. The maximum Gasteiger partial charge on any atom is 0.407 e. The normalized spacial score (nSPS) is 22.9. The van der Waals surface area contributed by atoms with Crippen LogP contribution < -0.4 is 15.4 Å². The van der Waals surface area contributed by atoms with Crippen LogP contribution in [0.5, 0.6) is 5.75 Å². The number of nitrogens with zero attached hydrogens (tertiary/aromatic N) is 4. The number of rotatable bonds is 10. The zero-order valence-corrected chi connectivity index (χ0v) is 35.4. The van der Waals surface area contributed by atoms with E-state index in [1.54, 1.807) is 6.92 Å². The SMILES string of the molecule is COC(=O)NC(C(=O)N1C[C@H]2C[C@H]2[C@H]1c1ncc(-c2ccc3c(c2)COc2cc4c(ccc5nc([C@@H]6CC[C@H](C)N6C(=O)[C@@H](NC(=O)OC)C(C)C)[nH]c54)cc2-3)[nH]1)[C@@H](C)OC. The number of piperidine rings is 1. The van der Waals surface area contributed by atoms with Crippen molar-refractivity contribution in [1.29, 1.82) is 0 Å². The molecule has 4 N–H and O–H groups in total. The van der Waals surface area contributed by atoms with Gasteiger partial charge in [-0.25, -0.2) is 19.6 Å². The van der Waals surface area contributed by atoms with E-state index in [1.807, 2.05) is 42.8 Å². The monoisotopic (exact) mass is 832 g/mol. The number of aromatic amines is 2. The fourth-order valence-electron chi connectivity index (χ4n) is 9.68. The third kappa shape index (κ3) is 7.09. The molecule has 320 valence electrons. The van der Waals surface area contributed by atoms with Crippen LogP contribution in [0.3, 0.4) is 0 Å². The van der Waals surface area contributed by atoms with Crippen molar-refractivity contribution in [3.63, 3.8) is 0 Å². The molecule has 9 rings (SSSR count). The smallest absolute Gasteiger partial charge is 0.407 e. The van der Waals surface area contributed by atoms with Crippen molar-refractivity contribution in [2.24, 2.45) is 17.8 Å². The van der Waals surface area contributed by atoms with Crippen molar-refractivity contribution < 1.29 is 38.1 Å². The Hall–Kier alpha value is -6.16. The van der Waals surface area contributed by atoms with Crippen LogP contribution in [0.15, 0.2) is 48.7 Å². The number of nitrogens with one attached hydrogen (secondary N) is 4. The molecule has 3 fully saturated rings. The predicted molar refractivity (Wildman–Crippen MR) is 225 cm³/mol. The Morgan fingerprint density at radius 3 is 2.39 bits per heavy atom. The van der Waals surface area contributed by atoms with Crippen molar-refractivity contribution in [3.05, 3.63) is 65.9 Å². The van der Waals surface area contributed by atoms with Crippen molar-refractivity contribution in [2.75, 3.05) is 27.9 Å². The van der Waals surface area contributed by atoms with Crippen LogP contribution in [0.1, 0.15) is 76.3 Å². The van der Waals surface area contributed by atoms with E-state index in [-0.39, 0.29) is 35.9 Å². The summed E-state index contributed by atoms with van der Waals surface area (Å²) in [6.07, 6.45) is 2.51. The van der Waals surface area contributed by atoms with Crippen molar-refractivity contribution in [2.45, 2.75) is 89.9 Å². The van der Waals surface area contributed by atoms with Gasteiger partial charge in [-0.2, -0.15) is 0 Å². The molecule has 16 heteroatoms. The van der Waals surface area contributed by atoms with Gasteiger partial charge in [-0.15, -0.1) is 0 Å². The number of carbonyl (C=O) groups is 4. The second-order valence-corrected chi connectivity index (χ2v) is 17.2.